The van der Waals surface area contributed by atoms with Gasteiger partial charge >= 0.3 is 0 Å². The van der Waals surface area contributed by atoms with Crippen molar-refractivity contribution in [2.75, 3.05) is 13.1 Å². The molecule has 0 saturated carbocycles. The van der Waals surface area contributed by atoms with Crippen molar-refractivity contribution in [3.05, 3.63) is 17.5 Å². The molecule has 3 N–H and O–H groups in total. The Balaban J connectivity index is 2.00. The molecule has 0 bridgehead atoms. The number of nitrogens with one attached hydrogen (secondary N) is 1. The molecule has 1 atom stereocenters. The number of rotatable bonds is 5. The van der Waals surface area contributed by atoms with Gasteiger partial charge < -0.3 is 10.3 Å². The van der Waals surface area contributed by atoms with E-state index in [1.807, 2.05) is 0 Å². The van der Waals surface area contributed by atoms with E-state index in [1.165, 1.54) is 4.31 Å². The number of piperidine rings is 1. The van der Waals surface area contributed by atoms with Crippen LogP contribution in [0.4, 0.5) is 0 Å². The fourth-order valence-corrected chi connectivity index (χ4v) is 3.71. The number of aromatic nitrogens is 1. The first-order chi connectivity index (χ1) is 9.03. The fraction of sp³-hybridized carbons (Fsp3) is 0.727. The zero-order valence-corrected chi connectivity index (χ0v) is 11.8. The minimum atomic E-state index is -3.52. The maximum atomic E-state index is 12.2. The molecule has 0 aromatic carbocycles. The van der Waals surface area contributed by atoms with E-state index in [4.69, 9.17) is 10.3 Å². The third kappa shape index (κ3) is 3.53. The van der Waals surface area contributed by atoms with Gasteiger partial charge in [-0.2, -0.15) is 17.4 Å². The average molecular weight is 288 g/mol. The predicted octanol–water partition coefficient (Wildman–Crippen LogP) is 0.131. The first-order valence-corrected chi connectivity index (χ1v) is 7.85. The maximum Gasteiger partial charge on any atom is 0.280 e. The first kappa shape index (κ1) is 14.4. The zero-order chi connectivity index (χ0) is 13.9. The molecule has 108 valence electrons. The molecule has 8 heteroatoms. The molecule has 0 spiro atoms. The Labute approximate surface area is 113 Å². The topological polar surface area (TPSA) is 101 Å². The van der Waals surface area contributed by atoms with Gasteiger partial charge in [0.05, 0.1) is 12.2 Å². The molecule has 1 saturated heterocycles. The number of hydrogen-bond donors (Lipinski definition) is 2. The highest BCUT2D eigenvalue weighted by Gasteiger charge is 2.31. The van der Waals surface area contributed by atoms with E-state index in [-0.39, 0.29) is 12.6 Å². The van der Waals surface area contributed by atoms with Crippen molar-refractivity contribution in [3.63, 3.8) is 0 Å². The van der Waals surface area contributed by atoms with Crippen LogP contribution in [0.3, 0.4) is 0 Å². The van der Waals surface area contributed by atoms with E-state index >= 15 is 0 Å². The van der Waals surface area contributed by atoms with Crippen LogP contribution >= 0.6 is 0 Å². The average Bonchev–Trinajstić information content (AvgIpc) is 2.82. The lowest BCUT2D eigenvalue weighted by Crippen LogP contribution is -2.51. The maximum absolute atomic E-state index is 12.2. The van der Waals surface area contributed by atoms with E-state index < -0.39 is 10.2 Å². The third-order valence-electron chi connectivity index (χ3n) is 3.26. The van der Waals surface area contributed by atoms with E-state index in [9.17, 15) is 8.42 Å². The molecule has 0 radical (unpaired) electrons. The van der Waals surface area contributed by atoms with E-state index in [1.54, 1.807) is 13.0 Å². The summed E-state index contributed by atoms with van der Waals surface area (Å²) in [5, 5.41) is 3.72. The minimum absolute atomic E-state index is 0.108. The lowest BCUT2D eigenvalue weighted by atomic mass is 10.1. The van der Waals surface area contributed by atoms with Gasteiger partial charge in [0.25, 0.3) is 10.2 Å². The summed E-state index contributed by atoms with van der Waals surface area (Å²) in [4.78, 5) is 0. The molecular weight excluding hydrogens is 268 g/mol. The van der Waals surface area contributed by atoms with Crippen LogP contribution in [-0.4, -0.2) is 37.0 Å². The highest BCUT2D eigenvalue weighted by molar-refractivity contribution is 7.87. The summed E-state index contributed by atoms with van der Waals surface area (Å²) in [6, 6.07) is 1.60. The number of hydrogen-bond acceptors (Lipinski definition) is 5. The van der Waals surface area contributed by atoms with Crippen molar-refractivity contribution >= 4 is 10.2 Å². The first-order valence-electron chi connectivity index (χ1n) is 6.41. The van der Waals surface area contributed by atoms with Gasteiger partial charge in [0, 0.05) is 25.2 Å². The van der Waals surface area contributed by atoms with Crippen LogP contribution in [0.1, 0.15) is 30.7 Å². The molecular formula is C11H20N4O3S. The predicted molar refractivity (Wildman–Crippen MR) is 70.4 cm³/mol. The monoisotopic (exact) mass is 288 g/mol. The van der Waals surface area contributed by atoms with Crippen molar-refractivity contribution in [1.82, 2.24) is 14.2 Å². The standard InChI is InChI=1S/C11H20N4O3S/c1-9-6-11(18-14-9)8-13-19(16,17)15-5-3-2-4-10(15)7-12/h6,10,13H,2-5,7-8,12H2,1H3. The Kier molecular flexibility index (Phi) is 4.56. The number of nitrogens with zero attached hydrogens (tertiary/aromatic N) is 2. The summed E-state index contributed by atoms with van der Waals surface area (Å²) in [5.74, 6) is 0.502. The summed E-state index contributed by atoms with van der Waals surface area (Å²) in [7, 11) is -3.52. The molecule has 1 aromatic heterocycles. The molecule has 0 aliphatic carbocycles. The Bertz CT molecular complexity index is 514. The minimum Gasteiger partial charge on any atom is -0.360 e. The van der Waals surface area contributed by atoms with Crippen molar-refractivity contribution < 1.29 is 12.9 Å². The smallest absolute Gasteiger partial charge is 0.280 e. The Morgan fingerprint density at radius 3 is 3.00 bits per heavy atom. The van der Waals surface area contributed by atoms with E-state index in [0.29, 0.717) is 18.8 Å². The van der Waals surface area contributed by atoms with Crippen molar-refractivity contribution in [2.24, 2.45) is 5.73 Å². The summed E-state index contributed by atoms with van der Waals surface area (Å²) in [6.45, 7) is 2.77. The molecule has 1 aliphatic heterocycles. The molecule has 2 rings (SSSR count). The Hall–Kier alpha value is -0.960. The zero-order valence-electron chi connectivity index (χ0n) is 11.0. The lowest BCUT2D eigenvalue weighted by molar-refractivity contribution is 0.253. The van der Waals surface area contributed by atoms with Crippen LogP contribution in [-0.2, 0) is 16.8 Å². The molecule has 19 heavy (non-hydrogen) atoms. The van der Waals surface area contributed by atoms with Crippen LogP contribution < -0.4 is 10.5 Å². The van der Waals surface area contributed by atoms with Gasteiger partial charge in [-0.1, -0.05) is 11.6 Å². The largest absolute Gasteiger partial charge is 0.360 e. The van der Waals surface area contributed by atoms with Gasteiger partial charge in [0.15, 0.2) is 5.76 Å². The van der Waals surface area contributed by atoms with Crippen LogP contribution in [0.5, 0.6) is 0 Å². The SMILES string of the molecule is Cc1cc(CNS(=O)(=O)N2CCCCC2CN)on1. The summed E-state index contributed by atoms with van der Waals surface area (Å²) in [5.41, 5.74) is 6.37. The molecule has 1 fully saturated rings. The normalized spacial score (nSPS) is 21.7. The third-order valence-corrected chi connectivity index (χ3v) is 4.87. The van der Waals surface area contributed by atoms with Gasteiger partial charge in [0.2, 0.25) is 0 Å². The molecule has 7 nitrogen and oxygen atoms in total. The second-order valence-electron chi connectivity index (χ2n) is 4.76. The second kappa shape index (κ2) is 6.00. The van der Waals surface area contributed by atoms with Crippen LogP contribution in [0.25, 0.3) is 0 Å². The van der Waals surface area contributed by atoms with Crippen molar-refractivity contribution in [1.29, 1.82) is 0 Å². The van der Waals surface area contributed by atoms with Crippen LogP contribution in [0.2, 0.25) is 0 Å². The molecule has 0 amide bonds. The van der Waals surface area contributed by atoms with Gasteiger partial charge in [-0.15, -0.1) is 0 Å². The van der Waals surface area contributed by atoms with E-state index in [0.717, 1.165) is 25.0 Å². The summed E-state index contributed by atoms with van der Waals surface area (Å²) in [6.07, 6.45) is 2.72. The molecule has 2 heterocycles. The van der Waals surface area contributed by atoms with Crippen molar-refractivity contribution in [2.45, 2.75) is 38.8 Å². The molecule has 1 aromatic rings. The van der Waals surface area contributed by atoms with Gasteiger partial charge in [-0.3, -0.25) is 0 Å². The van der Waals surface area contributed by atoms with E-state index in [2.05, 4.69) is 9.88 Å². The van der Waals surface area contributed by atoms with Gasteiger partial charge in [-0.25, -0.2) is 0 Å². The van der Waals surface area contributed by atoms with Crippen molar-refractivity contribution in [3.8, 4) is 0 Å². The Morgan fingerprint density at radius 1 is 1.58 bits per heavy atom. The summed E-state index contributed by atoms with van der Waals surface area (Å²) >= 11 is 0. The number of nitrogens with two attached hydrogens (primary N) is 1. The highest BCUT2D eigenvalue weighted by atomic mass is 32.2. The molecule has 1 unspecified atom stereocenters. The highest BCUT2D eigenvalue weighted by Crippen LogP contribution is 2.19. The fourth-order valence-electron chi connectivity index (χ4n) is 2.27. The summed E-state index contributed by atoms with van der Waals surface area (Å²) < 4.78 is 33.4. The van der Waals surface area contributed by atoms with Gasteiger partial charge in [-0.05, 0) is 19.8 Å². The molecule has 1 aliphatic rings. The quantitative estimate of drug-likeness (QED) is 0.802. The lowest BCUT2D eigenvalue weighted by Gasteiger charge is -2.33. The van der Waals surface area contributed by atoms with Gasteiger partial charge in [0.1, 0.15) is 0 Å². The number of aryl methyl sites for hydroxylation is 1. The van der Waals surface area contributed by atoms with Crippen LogP contribution in [0, 0.1) is 6.92 Å². The Morgan fingerprint density at radius 2 is 2.37 bits per heavy atom. The van der Waals surface area contributed by atoms with Crippen LogP contribution in [0.15, 0.2) is 10.6 Å². The second-order valence-corrected chi connectivity index (χ2v) is 6.46.